The average Bonchev–Trinajstić information content (AvgIpc) is 3.08. The predicted molar refractivity (Wildman–Crippen MR) is 84.7 cm³/mol. The molecule has 5 heteroatoms. The third-order valence-electron chi connectivity index (χ3n) is 4.17. The molecule has 2 aromatic rings. The molecule has 1 N–H and O–H groups in total. The number of aromatic amines is 1. The summed E-state index contributed by atoms with van der Waals surface area (Å²) >= 11 is 1.55. The van der Waals surface area contributed by atoms with Gasteiger partial charge in [0.2, 0.25) is 0 Å². The van der Waals surface area contributed by atoms with E-state index in [2.05, 4.69) is 17.1 Å². The molecule has 0 aliphatic carbocycles. The molecule has 0 unspecified atom stereocenters. The van der Waals surface area contributed by atoms with Crippen LogP contribution in [0.3, 0.4) is 0 Å². The van der Waals surface area contributed by atoms with Gasteiger partial charge in [0.15, 0.2) is 0 Å². The summed E-state index contributed by atoms with van der Waals surface area (Å²) < 4.78 is 0. The Bertz CT molecular complexity index is 631. The van der Waals surface area contributed by atoms with E-state index in [0.29, 0.717) is 5.92 Å². The van der Waals surface area contributed by atoms with Crippen LogP contribution in [0, 0.1) is 19.8 Å². The van der Waals surface area contributed by atoms with Crippen molar-refractivity contribution in [3.8, 4) is 0 Å². The number of amides is 1. The summed E-state index contributed by atoms with van der Waals surface area (Å²) in [5.74, 6) is 0.724. The molecule has 1 fully saturated rings. The highest BCUT2D eigenvalue weighted by Crippen LogP contribution is 2.24. The number of aryl methyl sites for hydroxylation is 2. The maximum atomic E-state index is 12.5. The molecule has 3 heterocycles. The zero-order valence-electron chi connectivity index (χ0n) is 12.6. The molecule has 0 radical (unpaired) electrons. The third kappa shape index (κ3) is 3.18. The van der Waals surface area contributed by atoms with E-state index in [4.69, 9.17) is 0 Å². The number of carbonyl (C=O) groups excluding carboxylic acids is 1. The van der Waals surface area contributed by atoms with Gasteiger partial charge in [-0.05, 0) is 61.6 Å². The van der Waals surface area contributed by atoms with E-state index >= 15 is 0 Å². The maximum Gasteiger partial charge on any atom is 0.263 e. The van der Waals surface area contributed by atoms with Crippen molar-refractivity contribution in [3.63, 3.8) is 0 Å². The van der Waals surface area contributed by atoms with Crippen LogP contribution in [0.2, 0.25) is 0 Å². The number of aromatic nitrogens is 2. The van der Waals surface area contributed by atoms with Crippen LogP contribution in [0.4, 0.5) is 0 Å². The largest absolute Gasteiger partial charge is 0.338 e. The fourth-order valence-corrected chi connectivity index (χ4v) is 3.85. The van der Waals surface area contributed by atoms with Crippen LogP contribution in [0.25, 0.3) is 0 Å². The van der Waals surface area contributed by atoms with Crippen molar-refractivity contribution in [2.45, 2.75) is 33.1 Å². The van der Waals surface area contributed by atoms with Crippen molar-refractivity contribution in [3.05, 3.63) is 39.3 Å². The van der Waals surface area contributed by atoms with Crippen LogP contribution in [0.1, 0.15) is 39.3 Å². The molecule has 1 saturated heterocycles. The Morgan fingerprint density at radius 2 is 2.38 bits per heavy atom. The van der Waals surface area contributed by atoms with Crippen molar-refractivity contribution in [1.82, 2.24) is 15.1 Å². The fraction of sp³-hybridized carbons (Fsp3) is 0.500. The Morgan fingerprint density at radius 3 is 3.05 bits per heavy atom. The quantitative estimate of drug-likeness (QED) is 0.946. The van der Waals surface area contributed by atoms with E-state index in [-0.39, 0.29) is 5.91 Å². The number of nitrogens with one attached hydrogen (secondary N) is 1. The lowest BCUT2D eigenvalue weighted by Gasteiger charge is -2.32. The van der Waals surface area contributed by atoms with Gasteiger partial charge in [-0.3, -0.25) is 9.89 Å². The van der Waals surface area contributed by atoms with E-state index in [1.807, 2.05) is 29.5 Å². The number of piperidine rings is 1. The van der Waals surface area contributed by atoms with Gasteiger partial charge in [0.05, 0.1) is 11.1 Å². The van der Waals surface area contributed by atoms with Crippen LogP contribution in [0.15, 0.2) is 17.6 Å². The van der Waals surface area contributed by atoms with Gasteiger partial charge >= 0.3 is 0 Å². The smallest absolute Gasteiger partial charge is 0.263 e. The van der Waals surface area contributed by atoms with Crippen molar-refractivity contribution >= 4 is 17.2 Å². The topological polar surface area (TPSA) is 49.0 Å². The minimum atomic E-state index is 0.194. The monoisotopic (exact) mass is 303 g/mol. The Labute approximate surface area is 129 Å². The standard InChI is InChI=1S/C16H21N3OS/c1-11-6-15(21-10-11)16(20)19-5-3-4-13(9-19)7-14-12(2)8-17-18-14/h6,8,10,13H,3-5,7,9H2,1-2H3,(H,17,18)/t13-/m1/s1. The Morgan fingerprint density at radius 1 is 1.52 bits per heavy atom. The molecule has 0 spiro atoms. The molecule has 1 atom stereocenters. The molecule has 1 amide bonds. The van der Waals surface area contributed by atoms with Gasteiger partial charge in [0.25, 0.3) is 5.91 Å². The van der Waals surface area contributed by atoms with Crippen molar-refractivity contribution < 1.29 is 4.79 Å². The van der Waals surface area contributed by atoms with Gasteiger partial charge in [-0.15, -0.1) is 11.3 Å². The number of hydrogen-bond donors (Lipinski definition) is 1. The van der Waals surface area contributed by atoms with Gasteiger partial charge in [0.1, 0.15) is 0 Å². The molecule has 112 valence electrons. The highest BCUT2D eigenvalue weighted by Gasteiger charge is 2.25. The molecule has 21 heavy (non-hydrogen) atoms. The molecular formula is C16H21N3OS. The number of H-pyrrole nitrogens is 1. The number of nitrogens with zero attached hydrogens (tertiary/aromatic N) is 2. The van der Waals surface area contributed by atoms with Crippen LogP contribution in [0.5, 0.6) is 0 Å². The second kappa shape index (κ2) is 6.02. The van der Waals surface area contributed by atoms with Gasteiger partial charge in [-0.2, -0.15) is 5.10 Å². The van der Waals surface area contributed by atoms with Gasteiger partial charge < -0.3 is 4.90 Å². The maximum absolute atomic E-state index is 12.5. The molecular weight excluding hydrogens is 282 g/mol. The lowest BCUT2D eigenvalue weighted by atomic mass is 9.92. The van der Waals surface area contributed by atoms with E-state index in [1.165, 1.54) is 23.2 Å². The number of carbonyl (C=O) groups is 1. The first-order valence-corrected chi connectivity index (χ1v) is 8.34. The van der Waals surface area contributed by atoms with Crippen LogP contribution in [-0.2, 0) is 6.42 Å². The van der Waals surface area contributed by atoms with Crippen LogP contribution >= 0.6 is 11.3 Å². The Balaban J connectivity index is 1.65. The van der Waals surface area contributed by atoms with Crippen molar-refractivity contribution in [1.29, 1.82) is 0 Å². The highest BCUT2D eigenvalue weighted by atomic mass is 32.1. The Kier molecular flexibility index (Phi) is 4.10. The summed E-state index contributed by atoms with van der Waals surface area (Å²) in [5.41, 5.74) is 3.60. The lowest BCUT2D eigenvalue weighted by molar-refractivity contribution is 0.0677. The molecule has 0 bridgehead atoms. The molecule has 1 aliphatic rings. The van der Waals surface area contributed by atoms with Gasteiger partial charge in [0, 0.05) is 18.8 Å². The zero-order valence-corrected chi connectivity index (χ0v) is 13.4. The summed E-state index contributed by atoms with van der Waals surface area (Å²) in [4.78, 5) is 15.4. The predicted octanol–water partition coefficient (Wildman–Crippen LogP) is 3.18. The first-order chi connectivity index (χ1) is 10.1. The summed E-state index contributed by atoms with van der Waals surface area (Å²) in [5, 5.41) is 9.21. The minimum Gasteiger partial charge on any atom is -0.338 e. The molecule has 1 aliphatic heterocycles. The number of hydrogen-bond acceptors (Lipinski definition) is 3. The van der Waals surface area contributed by atoms with E-state index in [1.54, 1.807) is 11.3 Å². The highest BCUT2D eigenvalue weighted by molar-refractivity contribution is 7.12. The summed E-state index contributed by atoms with van der Waals surface area (Å²) in [6.07, 6.45) is 5.13. The molecule has 0 aromatic carbocycles. The molecule has 4 nitrogen and oxygen atoms in total. The lowest BCUT2D eigenvalue weighted by Crippen LogP contribution is -2.40. The average molecular weight is 303 g/mol. The summed E-state index contributed by atoms with van der Waals surface area (Å²) in [7, 11) is 0. The van der Waals surface area contributed by atoms with E-state index in [9.17, 15) is 4.79 Å². The molecule has 0 saturated carbocycles. The van der Waals surface area contributed by atoms with Crippen molar-refractivity contribution in [2.24, 2.45) is 5.92 Å². The second-order valence-electron chi connectivity index (χ2n) is 5.98. The summed E-state index contributed by atoms with van der Waals surface area (Å²) in [6.45, 7) is 5.86. The number of rotatable bonds is 3. The normalized spacial score (nSPS) is 19.0. The second-order valence-corrected chi connectivity index (χ2v) is 6.89. The first-order valence-electron chi connectivity index (χ1n) is 7.46. The number of thiophene rings is 1. The minimum absolute atomic E-state index is 0.194. The van der Waals surface area contributed by atoms with Crippen molar-refractivity contribution in [2.75, 3.05) is 13.1 Å². The zero-order chi connectivity index (χ0) is 14.8. The molecule has 3 rings (SSSR count). The van der Waals surface area contributed by atoms with Crippen LogP contribution in [-0.4, -0.2) is 34.1 Å². The third-order valence-corrected chi connectivity index (χ3v) is 5.21. The number of likely N-dealkylation sites (tertiary alicyclic amines) is 1. The van der Waals surface area contributed by atoms with Gasteiger partial charge in [-0.25, -0.2) is 0 Å². The Hall–Kier alpha value is -1.62. The van der Waals surface area contributed by atoms with Crippen LogP contribution < -0.4 is 0 Å². The fourth-order valence-electron chi connectivity index (χ4n) is 2.98. The first kappa shape index (κ1) is 14.3. The van der Waals surface area contributed by atoms with Gasteiger partial charge in [-0.1, -0.05) is 0 Å². The molecule has 2 aromatic heterocycles. The van der Waals surface area contributed by atoms with E-state index < -0.39 is 0 Å². The SMILES string of the molecule is Cc1csc(C(=O)N2CCC[C@H](Cc3[nH]ncc3C)C2)c1. The van der Waals surface area contributed by atoms with E-state index in [0.717, 1.165) is 30.8 Å². The summed E-state index contributed by atoms with van der Waals surface area (Å²) in [6, 6.07) is 2.00.